The van der Waals surface area contributed by atoms with Gasteiger partial charge in [0.15, 0.2) is 0 Å². The van der Waals surface area contributed by atoms with E-state index < -0.39 is 0 Å². The van der Waals surface area contributed by atoms with Gasteiger partial charge in [0.1, 0.15) is 5.65 Å². The number of imidazole rings is 1. The molecule has 0 fully saturated rings. The van der Waals surface area contributed by atoms with E-state index in [1.807, 2.05) is 28.9 Å². The molecule has 2 heterocycles. The Bertz CT molecular complexity index is 538. The number of hydrogen-bond acceptors (Lipinski definition) is 3. The maximum Gasteiger partial charge on any atom is 0.137 e. The van der Waals surface area contributed by atoms with Crippen LogP contribution in [-0.2, 0) is 6.54 Å². The first-order valence-corrected chi connectivity index (χ1v) is 7.67. The fourth-order valence-electron chi connectivity index (χ4n) is 2.30. The summed E-state index contributed by atoms with van der Waals surface area (Å²) in [5.41, 5.74) is 1.98. The van der Waals surface area contributed by atoms with Crippen LogP contribution in [0.2, 0.25) is 5.02 Å². The van der Waals surface area contributed by atoms with E-state index in [-0.39, 0.29) is 0 Å². The standard InChI is InChI=1S/C15H23ClN4/c1-3-8-19(4-2)9-7-17-10-14-12-20-11-13(16)5-6-15(20)18-14/h5-6,11-12,17H,3-4,7-10H2,1-2H3. The van der Waals surface area contributed by atoms with Crippen LogP contribution in [0.4, 0.5) is 0 Å². The normalized spacial score (nSPS) is 11.6. The van der Waals surface area contributed by atoms with E-state index >= 15 is 0 Å². The Morgan fingerprint density at radius 1 is 1.25 bits per heavy atom. The second kappa shape index (κ2) is 7.62. The molecule has 4 nitrogen and oxygen atoms in total. The molecule has 0 amide bonds. The topological polar surface area (TPSA) is 32.6 Å². The summed E-state index contributed by atoms with van der Waals surface area (Å²) in [6.45, 7) is 9.59. The van der Waals surface area contributed by atoms with Gasteiger partial charge < -0.3 is 14.6 Å². The summed E-state index contributed by atoms with van der Waals surface area (Å²) in [4.78, 5) is 7.01. The Kier molecular flexibility index (Phi) is 5.83. The largest absolute Gasteiger partial charge is 0.310 e. The molecule has 0 aliphatic rings. The smallest absolute Gasteiger partial charge is 0.137 e. The first-order valence-electron chi connectivity index (χ1n) is 7.29. The molecule has 2 aromatic heterocycles. The molecule has 0 unspecified atom stereocenters. The van der Waals surface area contributed by atoms with Gasteiger partial charge in [-0.1, -0.05) is 25.4 Å². The highest BCUT2D eigenvalue weighted by molar-refractivity contribution is 6.30. The molecule has 1 N–H and O–H groups in total. The third-order valence-electron chi connectivity index (χ3n) is 3.36. The lowest BCUT2D eigenvalue weighted by Gasteiger charge is -2.19. The number of fused-ring (bicyclic) bond motifs is 1. The lowest BCUT2D eigenvalue weighted by molar-refractivity contribution is 0.287. The molecule has 5 heteroatoms. The van der Waals surface area contributed by atoms with Gasteiger partial charge in [-0.2, -0.15) is 0 Å². The number of likely N-dealkylation sites (N-methyl/N-ethyl adjacent to an activating group) is 1. The van der Waals surface area contributed by atoms with Crippen molar-refractivity contribution in [3.05, 3.63) is 35.2 Å². The molecule has 2 rings (SSSR count). The minimum absolute atomic E-state index is 0.729. The molecule has 0 aliphatic carbocycles. The monoisotopic (exact) mass is 294 g/mol. The first-order chi connectivity index (χ1) is 9.72. The van der Waals surface area contributed by atoms with E-state index in [9.17, 15) is 0 Å². The van der Waals surface area contributed by atoms with E-state index in [1.165, 1.54) is 13.0 Å². The average Bonchev–Trinajstić information content (AvgIpc) is 2.84. The molecule has 0 bridgehead atoms. The molecule has 0 saturated heterocycles. The summed E-state index contributed by atoms with van der Waals surface area (Å²) in [6.07, 6.45) is 5.12. The second-order valence-corrected chi connectivity index (χ2v) is 5.39. The molecule has 0 radical (unpaired) electrons. The second-order valence-electron chi connectivity index (χ2n) is 4.96. The molecule has 110 valence electrons. The fourth-order valence-corrected chi connectivity index (χ4v) is 2.47. The van der Waals surface area contributed by atoms with Gasteiger partial charge in [0.25, 0.3) is 0 Å². The predicted molar refractivity (Wildman–Crippen MR) is 84.3 cm³/mol. The van der Waals surface area contributed by atoms with Crippen molar-refractivity contribution in [2.75, 3.05) is 26.2 Å². The average molecular weight is 295 g/mol. The minimum Gasteiger partial charge on any atom is -0.310 e. The summed E-state index contributed by atoms with van der Waals surface area (Å²) < 4.78 is 1.97. The quantitative estimate of drug-likeness (QED) is 0.760. The molecule has 2 aromatic rings. The van der Waals surface area contributed by atoms with E-state index in [0.29, 0.717) is 0 Å². The molecule has 0 atom stereocenters. The van der Waals surface area contributed by atoms with Crippen LogP contribution in [0.25, 0.3) is 5.65 Å². The SMILES string of the molecule is CCCN(CC)CCNCc1cn2cc(Cl)ccc2n1. The van der Waals surface area contributed by atoms with Crippen molar-refractivity contribution in [1.29, 1.82) is 0 Å². The van der Waals surface area contributed by atoms with Crippen LogP contribution < -0.4 is 5.32 Å². The van der Waals surface area contributed by atoms with Crippen LogP contribution in [-0.4, -0.2) is 40.5 Å². The van der Waals surface area contributed by atoms with E-state index in [2.05, 4.69) is 29.0 Å². The van der Waals surface area contributed by atoms with Crippen molar-refractivity contribution in [3.63, 3.8) is 0 Å². The Morgan fingerprint density at radius 3 is 2.85 bits per heavy atom. The zero-order valence-electron chi connectivity index (χ0n) is 12.3. The molecule has 0 spiro atoms. The highest BCUT2D eigenvalue weighted by atomic mass is 35.5. The zero-order valence-corrected chi connectivity index (χ0v) is 13.0. The van der Waals surface area contributed by atoms with Crippen molar-refractivity contribution in [1.82, 2.24) is 19.6 Å². The highest BCUT2D eigenvalue weighted by Gasteiger charge is 2.03. The summed E-state index contributed by atoms with van der Waals surface area (Å²) >= 11 is 5.97. The van der Waals surface area contributed by atoms with Crippen molar-refractivity contribution in [2.24, 2.45) is 0 Å². The molecular formula is C15H23ClN4. The Balaban J connectivity index is 1.81. The maximum atomic E-state index is 5.97. The molecule has 20 heavy (non-hydrogen) atoms. The van der Waals surface area contributed by atoms with Crippen LogP contribution in [0.15, 0.2) is 24.5 Å². The number of hydrogen-bond donors (Lipinski definition) is 1. The van der Waals surface area contributed by atoms with Crippen molar-refractivity contribution < 1.29 is 0 Å². The molecule has 0 aromatic carbocycles. The van der Waals surface area contributed by atoms with Crippen molar-refractivity contribution >= 4 is 17.2 Å². The number of nitrogens with zero attached hydrogens (tertiary/aromatic N) is 3. The third kappa shape index (κ3) is 4.20. The summed E-state index contributed by atoms with van der Waals surface area (Å²) in [7, 11) is 0. The van der Waals surface area contributed by atoms with Gasteiger partial charge in [0, 0.05) is 32.0 Å². The van der Waals surface area contributed by atoms with Gasteiger partial charge in [0.2, 0.25) is 0 Å². The van der Waals surface area contributed by atoms with Crippen LogP contribution in [0.3, 0.4) is 0 Å². The Labute approximate surface area is 125 Å². The van der Waals surface area contributed by atoms with Gasteiger partial charge >= 0.3 is 0 Å². The van der Waals surface area contributed by atoms with E-state index in [1.54, 1.807) is 0 Å². The highest BCUT2D eigenvalue weighted by Crippen LogP contribution is 2.11. The fraction of sp³-hybridized carbons (Fsp3) is 0.533. The van der Waals surface area contributed by atoms with Crippen LogP contribution in [0.5, 0.6) is 0 Å². The number of rotatable bonds is 8. The number of halogens is 1. The van der Waals surface area contributed by atoms with Crippen LogP contribution in [0.1, 0.15) is 26.0 Å². The number of aromatic nitrogens is 2. The predicted octanol–water partition coefficient (Wildman–Crippen LogP) is 2.81. The van der Waals surface area contributed by atoms with E-state index in [0.717, 1.165) is 42.5 Å². The zero-order chi connectivity index (χ0) is 14.4. The van der Waals surface area contributed by atoms with Gasteiger partial charge in [-0.25, -0.2) is 4.98 Å². The van der Waals surface area contributed by atoms with Gasteiger partial charge in [0.05, 0.1) is 10.7 Å². The lowest BCUT2D eigenvalue weighted by atomic mass is 10.4. The molecule has 0 aliphatic heterocycles. The van der Waals surface area contributed by atoms with Gasteiger partial charge in [-0.05, 0) is 31.6 Å². The van der Waals surface area contributed by atoms with Gasteiger partial charge in [-0.15, -0.1) is 0 Å². The van der Waals surface area contributed by atoms with Crippen LogP contribution in [0, 0.1) is 0 Å². The van der Waals surface area contributed by atoms with Crippen molar-refractivity contribution in [2.45, 2.75) is 26.8 Å². The number of pyridine rings is 1. The van der Waals surface area contributed by atoms with Crippen molar-refractivity contribution in [3.8, 4) is 0 Å². The summed E-state index contributed by atoms with van der Waals surface area (Å²) in [5, 5.41) is 4.18. The minimum atomic E-state index is 0.729. The Morgan fingerprint density at radius 2 is 2.10 bits per heavy atom. The lowest BCUT2D eigenvalue weighted by Crippen LogP contribution is -2.32. The van der Waals surface area contributed by atoms with E-state index in [4.69, 9.17) is 11.6 Å². The molecule has 0 saturated carbocycles. The maximum absolute atomic E-state index is 5.97. The number of nitrogens with one attached hydrogen (secondary N) is 1. The molecular weight excluding hydrogens is 272 g/mol. The first kappa shape index (κ1) is 15.3. The summed E-state index contributed by atoms with van der Waals surface area (Å²) in [5.74, 6) is 0. The summed E-state index contributed by atoms with van der Waals surface area (Å²) in [6, 6.07) is 3.80. The van der Waals surface area contributed by atoms with Crippen LogP contribution >= 0.6 is 11.6 Å². The third-order valence-corrected chi connectivity index (χ3v) is 3.59. The van der Waals surface area contributed by atoms with Gasteiger partial charge in [-0.3, -0.25) is 0 Å². The Hall–Kier alpha value is -1.10.